The molecule has 1 aliphatic rings. The van der Waals surface area contributed by atoms with Crippen LogP contribution < -0.4 is 4.90 Å². The molecular weight excluding hydrogens is 372 g/mol. The number of nitrogens with zero attached hydrogens (tertiary/aromatic N) is 6. The monoisotopic (exact) mass is 394 g/mol. The molecule has 9 heteroatoms. The van der Waals surface area contributed by atoms with Crippen molar-refractivity contribution in [1.29, 1.82) is 0 Å². The number of pyridine rings is 1. The number of carbonyl (C=O) groups is 1. The number of anilines is 1. The molecule has 0 N–H and O–H groups in total. The van der Waals surface area contributed by atoms with Gasteiger partial charge in [-0.3, -0.25) is 19.6 Å². The van der Waals surface area contributed by atoms with Crippen molar-refractivity contribution in [1.82, 2.24) is 19.7 Å². The van der Waals surface area contributed by atoms with Crippen LogP contribution in [0.2, 0.25) is 0 Å². The van der Waals surface area contributed by atoms with Crippen molar-refractivity contribution >= 4 is 28.3 Å². The molecular formula is C20H22N6O3. The van der Waals surface area contributed by atoms with Gasteiger partial charge in [0.05, 0.1) is 21.6 Å². The maximum absolute atomic E-state index is 13.3. The molecule has 2 aromatic heterocycles. The van der Waals surface area contributed by atoms with Crippen LogP contribution in [0.3, 0.4) is 0 Å². The lowest BCUT2D eigenvalue weighted by atomic mass is 10.1. The third kappa shape index (κ3) is 3.39. The van der Waals surface area contributed by atoms with E-state index in [1.165, 1.54) is 12.1 Å². The Kier molecular flexibility index (Phi) is 4.65. The summed E-state index contributed by atoms with van der Waals surface area (Å²) in [5, 5.41) is 16.0. The van der Waals surface area contributed by atoms with Gasteiger partial charge in [-0.2, -0.15) is 5.10 Å². The molecule has 9 nitrogen and oxygen atoms in total. The van der Waals surface area contributed by atoms with Gasteiger partial charge in [-0.05, 0) is 32.0 Å². The first-order valence-corrected chi connectivity index (χ1v) is 9.45. The second-order valence-corrected chi connectivity index (χ2v) is 7.27. The Hall–Kier alpha value is -3.49. The molecule has 0 atom stereocenters. The van der Waals surface area contributed by atoms with Crippen LogP contribution >= 0.6 is 0 Å². The molecule has 0 unspecified atom stereocenters. The number of hydrogen-bond donors (Lipinski definition) is 0. The van der Waals surface area contributed by atoms with Crippen LogP contribution in [0.25, 0.3) is 11.0 Å². The highest BCUT2D eigenvalue weighted by Crippen LogP contribution is 2.25. The number of nitro groups is 1. The van der Waals surface area contributed by atoms with Gasteiger partial charge < -0.3 is 9.80 Å². The molecule has 1 amide bonds. The van der Waals surface area contributed by atoms with Gasteiger partial charge in [-0.1, -0.05) is 0 Å². The lowest BCUT2D eigenvalue weighted by Gasteiger charge is -2.36. The number of non-ortho nitro benzene ring substituents is 1. The molecule has 1 fully saturated rings. The van der Waals surface area contributed by atoms with Gasteiger partial charge in [0.2, 0.25) is 0 Å². The quantitative estimate of drug-likeness (QED) is 0.500. The third-order valence-corrected chi connectivity index (χ3v) is 5.32. The number of carbonyl (C=O) groups excluding carboxylic acids is 1. The van der Waals surface area contributed by atoms with E-state index in [1.807, 2.05) is 31.9 Å². The fourth-order valence-electron chi connectivity index (χ4n) is 3.86. The van der Waals surface area contributed by atoms with Crippen LogP contribution in [0, 0.1) is 24.0 Å². The molecule has 3 aromatic rings. The average Bonchev–Trinajstić information content (AvgIpc) is 3.00. The lowest BCUT2D eigenvalue weighted by Crippen LogP contribution is -2.48. The normalized spacial score (nSPS) is 14.4. The van der Waals surface area contributed by atoms with E-state index in [0.29, 0.717) is 31.7 Å². The smallest absolute Gasteiger partial charge is 0.269 e. The fraction of sp³-hybridized carbons (Fsp3) is 0.350. The van der Waals surface area contributed by atoms with Crippen molar-refractivity contribution in [3.63, 3.8) is 0 Å². The fourth-order valence-corrected chi connectivity index (χ4v) is 3.86. The van der Waals surface area contributed by atoms with Gasteiger partial charge in [-0.25, -0.2) is 4.98 Å². The van der Waals surface area contributed by atoms with Gasteiger partial charge in [0.25, 0.3) is 11.6 Å². The average molecular weight is 394 g/mol. The number of amides is 1. The zero-order valence-corrected chi connectivity index (χ0v) is 16.6. The van der Waals surface area contributed by atoms with E-state index in [1.54, 1.807) is 16.8 Å². The minimum atomic E-state index is -0.405. The standard InChI is InChI=1S/C20H22N6O3/c1-13-12-17(18-14(2)22-23(3)19(18)21-13)20(27)25-10-8-24(9-11-25)15-4-6-16(7-5-15)26(28)29/h4-7,12H,8-11H2,1-3H3. The number of piperazine rings is 1. The summed E-state index contributed by atoms with van der Waals surface area (Å²) in [5.41, 5.74) is 3.94. The molecule has 3 heterocycles. The summed E-state index contributed by atoms with van der Waals surface area (Å²) in [7, 11) is 1.83. The predicted molar refractivity (Wildman–Crippen MR) is 109 cm³/mol. The molecule has 29 heavy (non-hydrogen) atoms. The molecule has 0 spiro atoms. The summed E-state index contributed by atoms with van der Waals surface area (Å²) in [6.45, 7) is 6.27. The molecule has 0 radical (unpaired) electrons. The Balaban J connectivity index is 1.52. The first-order chi connectivity index (χ1) is 13.8. The third-order valence-electron chi connectivity index (χ3n) is 5.32. The summed E-state index contributed by atoms with van der Waals surface area (Å²) in [6.07, 6.45) is 0. The predicted octanol–water partition coefficient (Wildman–Crippen LogP) is 2.46. The summed E-state index contributed by atoms with van der Waals surface area (Å²) in [4.78, 5) is 32.2. The van der Waals surface area contributed by atoms with Crippen molar-refractivity contribution in [2.24, 2.45) is 7.05 Å². The van der Waals surface area contributed by atoms with E-state index in [4.69, 9.17) is 0 Å². The van der Waals surface area contributed by atoms with E-state index in [0.717, 1.165) is 28.1 Å². The summed E-state index contributed by atoms with van der Waals surface area (Å²) < 4.78 is 1.71. The topological polar surface area (TPSA) is 97.4 Å². The van der Waals surface area contributed by atoms with Gasteiger partial charge in [0, 0.05) is 56.7 Å². The molecule has 4 rings (SSSR count). The summed E-state index contributed by atoms with van der Waals surface area (Å²) in [5.74, 6) is -0.0139. The van der Waals surface area contributed by atoms with E-state index < -0.39 is 4.92 Å². The molecule has 150 valence electrons. The number of hydrogen-bond acceptors (Lipinski definition) is 6. The number of aryl methyl sites for hydroxylation is 3. The maximum Gasteiger partial charge on any atom is 0.269 e. The highest BCUT2D eigenvalue weighted by atomic mass is 16.6. The van der Waals surface area contributed by atoms with Crippen LogP contribution in [0.15, 0.2) is 30.3 Å². The highest BCUT2D eigenvalue weighted by molar-refractivity contribution is 6.06. The summed E-state index contributed by atoms with van der Waals surface area (Å²) in [6, 6.07) is 8.36. The van der Waals surface area contributed by atoms with Crippen molar-refractivity contribution in [2.45, 2.75) is 13.8 Å². The minimum absolute atomic E-state index is 0.0139. The van der Waals surface area contributed by atoms with Gasteiger partial charge >= 0.3 is 0 Å². The Labute approximate surface area is 167 Å². The van der Waals surface area contributed by atoms with Crippen molar-refractivity contribution in [3.05, 3.63) is 57.4 Å². The zero-order valence-electron chi connectivity index (χ0n) is 16.6. The van der Waals surface area contributed by atoms with Crippen LogP contribution in [0.5, 0.6) is 0 Å². The second-order valence-electron chi connectivity index (χ2n) is 7.27. The van der Waals surface area contributed by atoms with Crippen LogP contribution in [-0.4, -0.2) is 56.7 Å². The van der Waals surface area contributed by atoms with E-state index >= 15 is 0 Å². The van der Waals surface area contributed by atoms with Gasteiger partial charge in [0.1, 0.15) is 0 Å². The van der Waals surface area contributed by atoms with Crippen LogP contribution in [-0.2, 0) is 7.05 Å². The number of benzene rings is 1. The number of aromatic nitrogens is 3. The second kappa shape index (κ2) is 7.16. The number of rotatable bonds is 3. The Morgan fingerprint density at radius 2 is 1.76 bits per heavy atom. The van der Waals surface area contributed by atoms with Crippen LogP contribution in [0.4, 0.5) is 11.4 Å². The van der Waals surface area contributed by atoms with Crippen molar-refractivity contribution in [3.8, 4) is 0 Å². The molecule has 0 saturated carbocycles. The zero-order chi connectivity index (χ0) is 20.7. The lowest BCUT2D eigenvalue weighted by molar-refractivity contribution is -0.384. The Morgan fingerprint density at radius 1 is 1.10 bits per heavy atom. The van der Waals surface area contributed by atoms with Crippen molar-refractivity contribution < 1.29 is 9.72 Å². The molecule has 0 aliphatic carbocycles. The number of fused-ring (bicyclic) bond motifs is 1. The van der Waals surface area contributed by atoms with E-state index in [2.05, 4.69) is 15.0 Å². The largest absolute Gasteiger partial charge is 0.368 e. The first kappa shape index (κ1) is 18.9. The Morgan fingerprint density at radius 3 is 2.38 bits per heavy atom. The minimum Gasteiger partial charge on any atom is -0.368 e. The van der Waals surface area contributed by atoms with Gasteiger partial charge in [-0.15, -0.1) is 0 Å². The highest BCUT2D eigenvalue weighted by Gasteiger charge is 2.26. The van der Waals surface area contributed by atoms with E-state index in [-0.39, 0.29) is 11.6 Å². The van der Waals surface area contributed by atoms with Crippen molar-refractivity contribution in [2.75, 3.05) is 31.1 Å². The molecule has 0 bridgehead atoms. The van der Waals surface area contributed by atoms with Crippen LogP contribution in [0.1, 0.15) is 21.7 Å². The Bertz CT molecular complexity index is 1100. The van der Waals surface area contributed by atoms with Gasteiger partial charge in [0.15, 0.2) is 5.65 Å². The van der Waals surface area contributed by atoms with E-state index in [9.17, 15) is 14.9 Å². The molecule has 1 aliphatic heterocycles. The summed E-state index contributed by atoms with van der Waals surface area (Å²) >= 11 is 0. The maximum atomic E-state index is 13.3. The first-order valence-electron chi connectivity index (χ1n) is 9.45. The number of nitro benzene ring substituents is 1. The SMILES string of the molecule is Cc1cc(C(=O)N2CCN(c3ccc([N+](=O)[O-])cc3)CC2)c2c(C)nn(C)c2n1. The molecule has 1 aromatic carbocycles. The molecule has 1 saturated heterocycles.